The van der Waals surface area contributed by atoms with Gasteiger partial charge in [0.1, 0.15) is 0 Å². The Kier molecular flexibility index (Phi) is 3.07. The average Bonchev–Trinajstić information content (AvgIpc) is 2.87. The van der Waals surface area contributed by atoms with E-state index in [-0.39, 0.29) is 18.2 Å². The number of hydrogen-bond acceptors (Lipinski definition) is 3. The van der Waals surface area contributed by atoms with Gasteiger partial charge in [0.25, 0.3) is 0 Å². The summed E-state index contributed by atoms with van der Waals surface area (Å²) in [5.74, 6) is -0.111. The molecule has 0 atom stereocenters. The van der Waals surface area contributed by atoms with Crippen LogP contribution in [0.2, 0.25) is 10.0 Å². The predicted octanol–water partition coefficient (Wildman–Crippen LogP) is 3.02. The molecular weight excluding hydrogens is 301 g/mol. The van der Waals surface area contributed by atoms with Gasteiger partial charge in [0, 0.05) is 23.7 Å². The van der Waals surface area contributed by atoms with E-state index in [0.29, 0.717) is 32.7 Å². The lowest BCUT2D eigenvalue weighted by molar-refractivity contribution is -0.131. The first kappa shape index (κ1) is 13.2. The van der Waals surface area contributed by atoms with Gasteiger partial charge in [0.2, 0.25) is 5.78 Å². The molecule has 0 amide bonds. The Hall–Kier alpha value is -1.78. The molecule has 0 radical (unpaired) electrons. The summed E-state index contributed by atoms with van der Waals surface area (Å²) in [6.07, 6.45) is 0.174. The highest BCUT2D eigenvalue weighted by atomic mass is 35.5. The number of esters is 1. The highest BCUT2D eigenvalue weighted by Crippen LogP contribution is 2.31. The van der Waals surface area contributed by atoms with Gasteiger partial charge in [-0.1, -0.05) is 23.2 Å². The van der Waals surface area contributed by atoms with Crippen molar-refractivity contribution in [2.24, 2.45) is 7.05 Å². The fraction of sp³-hybridized carbons (Fsp3) is 0.143. The first-order chi connectivity index (χ1) is 9.47. The zero-order chi connectivity index (χ0) is 14.4. The third-order valence-corrected chi connectivity index (χ3v) is 3.81. The monoisotopic (exact) mass is 309 g/mol. The Morgan fingerprint density at radius 1 is 1.30 bits per heavy atom. The van der Waals surface area contributed by atoms with Gasteiger partial charge in [-0.15, -0.1) is 0 Å². The van der Waals surface area contributed by atoms with Crippen molar-refractivity contribution in [3.05, 3.63) is 51.3 Å². The second-order valence-corrected chi connectivity index (χ2v) is 5.35. The van der Waals surface area contributed by atoms with Crippen molar-refractivity contribution in [2.75, 3.05) is 0 Å². The fourth-order valence-electron chi connectivity index (χ4n) is 2.23. The minimum atomic E-state index is -0.311. The number of hydrogen-bond donors (Lipinski definition) is 0. The molecule has 20 heavy (non-hydrogen) atoms. The number of halogens is 2. The van der Waals surface area contributed by atoms with E-state index in [0.717, 1.165) is 0 Å². The van der Waals surface area contributed by atoms with Gasteiger partial charge in [0.05, 0.1) is 22.8 Å². The summed E-state index contributed by atoms with van der Waals surface area (Å²) >= 11 is 11.9. The van der Waals surface area contributed by atoms with Crippen molar-refractivity contribution < 1.29 is 14.3 Å². The van der Waals surface area contributed by atoms with Gasteiger partial charge >= 0.3 is 5.97 Å². The van der Waals surface area contributed by atoms with Gasteiger partial charge in [0.15, 0.2) is 5.75 Å². The second-order valence-electron chi connectivity index (χ2n) is 4.50. The van der Waals surface area contributed by atoms with E-state index in [1.165, 1.54) is 6.07 Å². The molecule has 2 heterocycles. The van der Waals surface area contributed by atoms with E-state index >= 15 is 0 Å². The van der Waals surface area contributed by atoms with Crippen LogP contribution in [-0.2, 0) is 18.3 Å². The molecule has 0 aliphatic carbocycles. The topological polar surface area (TPSA) is 48.3 Å². The maximum Gasteiger partial charge on any atom is 0.317 e. The highest BCUT2D eigenvalue weighted by Gasteiger charge is 2.28. The molecule has 1 aromatic heterocycles. The first-order valence-electron chi connectivity index (χ1n) is 5.86. The summed E-state index contributed by atoms with van der Waals surface area (Å²) in [6.45, 7) is 0. The van der Waals surface area contributed by atoms with Gasteiger partial charge < -0.3 is 9.30 Å². The van der Waals surface area contributed by atoms with E-state index in [2.05, 4.69) is 0 Å². The largest absolute Gasteiger partial charge is 0.424 e. The third-order valence-electron chi connectivity index (χ3n) is 3.26. The molecule has 0 unspecified atom stereocenters. The minimum Gasteiger partial charge on any atom is -0.424 e. The van der Waals surface area contributed by atoms with Crippen LogP contribution in [0.3, 0.4) is 0 Å². The summed E-state index contributed by atoms with van der Waals surface area (Å²) in [7, 11) is 1.72. The van der Waals surface area contributed by atoms with Crippen LogP contribution >= 0.6 is 23.2 Å². The average molecular weight is 310 g/mol. The summed E-state index contributed by atoms with van der Waals surface area (Å²) < 4.78 is 6.70. The number of benzene rings is 1. The number of rotatable bonds is 2. The number of ketones is 1. The molecular formula is C14H9Cl2NO3. The quantitative estimate of drug-likeness (QED) is 0.633. The summed E-state index contributed by atoms with van der Waals surface area (Å²) in [4.78, 5) is 23.7. The number of fused-ring (bicyclic) bond motifs is 1. The Labute approximate surface area is 124 Å². The lowest BCUT2D eigenvalue weighted by atomic mass is 10.1. The van der Waals surface area contributed by atoms with Crippen LogP contribution in [0.25, 0.3) is 0 Å². The van der Waals surface area contributed by atoms with Crippen LogP contribution in [-0.4, -0.2) is 16.3 Å². The van der Waals surface area contributed by atoms with Gasteiger partial charge in [-0.25, -0.2) is 0 Å². The Morgan fingerprint density at radius 3 is 2.70 bits per heavy atom. The van der Waals surface area contributed by atoms with Crippen molar-refractivity contribution in [1.29, 1.82) is 0 Å². The van der Waals surface area contributed by atoms with Crippen LogP contribution in [0.4, 0.5) is 0 Å². The zero-order valence-corrected chi connectivity index (χ0v) is 12.0. The van der Waals surface area contributed by atoms with E-state index < -0.39 is 0 Å². The normalized spacial score (nSPS) is 13.2. The number of ether oxygens (including phenoxy) is 1. The lowest BCUT2D eigenvalue weighted by Crippen LogP contribution is -2.11. The van der Waals surface area contributed by atoms with Gasteiger partial charge in [-0.2, -0.15) is 0 Å². The van der Waals surface area contributed by atoms with E-state index in [1.54, 1.807) is 29.8 Å². The maximum atomic E-state index is 12.5. The SMILES string of the molecule is Cn1c(C(=O)c2ccc(Cl)cc2Cl)cc2c1CC(=O)O2. The van der Waals surface area contributed by atoms with Crippen molar-refractivity contribution >= 4 is 35.0 Å². The summed E-state index contributed by atoms with van der Waals surface area (Å²) in [5.41, 5.74) is 1.48. The molecule has 102 valence electrons. The molecule has 1 aliphatic rings. The Balaban J connectivity index is 2.04. The molecule has 1 aromatic carbocycles. The third kappa shape index (κ3) is 2.01. The predicted molar refractivity (Wildman–Crippen MR) is 74.6 cm³/mol. The maximum absolute atomic E-state index is 12.5. The van der Waals surface area contributed by atoms with Crippen LogP contribution in [0, 0.1) is 0 Å². The number of aromatic nitrogens is 1. The standard InChI is InChI=1S/C14H9Cl2NO3/c1-17-10-6-13(18)20-12(10)5-11(17)14(19)8-3-2-7(15)4-9(8)16/h2-5H,6H2,1H3. The number of carbonyl (C=O) groups is 2. The summed E-state index contributed by atoms with van der Waals surface area (Å²) in [5, 5.41) is 0.760. The molecule has 0 N–H and O–H groups in total. The van der Waals surface area contributed by atoms with E-state index in [4.69, 9.17) is 27.9 Å². The molecule has 1 aliphatic heterocycles. The number of nitrogens with zero attached hydrogens (tertiary/aromatic N) is 1. The van der Waals surface area contributed by atoms with Crippen molar-refractivity contribution in [3.8, 4) is 5.75 Å². The zero-order valence-electron chi connectivity index (χ0n) is 10.4. The van der Waals surface area contributed by atoms with Crippen LogP contribution in [0.1, 0.15) is 21.7 Å². The lowest BCUT2D eigenvalue weighted by Gasteiger charge is -2.06. The van der Waals surface area contributed by atoms with Crippen LogP contribution < -0.4 is 4.74 Å². The van der Waals surface area contributed by atoms with Gasteiger partial charge in [-0.3, -0.25) is 9.59 Å². The van der Waals surface area contributed by atoms with E-state index in [9.17, 15) is 9.59 Å². The molecule has 2 aromatic rings. The second kappa shape index (κ2) is 4.65. The first-order valence-corrected chi connectivity index (χ1v) is 6.62. The highest BCUT2D eigenvalue weighted by molar-refractivity contribution is 6.37. The molecule has 4 nitrogen and oxygen atoms in total. The molecule has 0 fully saturated rings. The van der Waals surface area contributed by atoms with Crippen LogP contribution in [0.15, 0.2) is 24.3 Å². The Morgan fingerprint density at radius 2 is 2.05 bits per heavy atom. The van der Waals surface area contributed by atoms with E-state index in [1.807, 2.05) is 0 Å². The summed E-state index contributed by atoms with van der Waals surface area (Å²) in [6, 6.07) is 6.27. The minimum absolute atomic E-state index is 0.174. The van der Waals surface area contributed by atoms with Crippen molar-refractivity contribution in [3.63, 3.8) is 0 Å². The molecule has 3 rings (SSSR count). The molecule has 6 heteroatoms. The number of carbonyl (C=O) groups excluding carboxylic acids is 2. The van der Waals surface area contributed by atoms with Gasteiger partial charge in [-0.05, 0) is 18.2 Å². The van der Waals surface area contributed by atoms with Crippen molar-refractivity contribution in [2.45, 2.75) is 6.42 Å². The Bertz CT molecular complexity index is 749. The fourth-order valence-corrected chi connectivity index (χ4v) is 2.73. The van der Waals surface area contributed by atoms with Crippen molar-refractivity contribution in [1.82, 2.24) is 4.57 Å². The molecule has 0 saturated heterocycles. The smallest absolute Gasteiger partial charge is 0.317 e. The molecule has 0 spiro atoms. The molecule has 0 saturated carbocycles. The van der Waals surface area contributed by atoms with Crippen LogP contribution in [0.5, 0.6) is 5.75 Å². The molecule has 0 bridgehead atoms.